The van der Waals surface area contributed by atoms with Crippen molar-refractivity contribution >= 4 is 11.9 Å². The van der Waals surface area contributed by atoms with Gasteiger partial charge in [-0.25, -0.2) is 4.79 Å². The van der Waals surface area contributed by atoms with Crippen LogP contribution in [0.3, 0.4) is 0 Å². The van der Waals surface area contributed by atoms with E-state index >= 15 is 0 Å². The molecule has 68 valence electrons. The molecule has 1 amide bonds. The lowest BCUT2D eigenvalue weighted by molar-refractivity contribution is -0.156. The van der Waals surface area contributed by atoms with Crippen LogP contribution in [0, 0.1) is 0 Å². The van der Waals surface area contributed by atoms with E-state index in [1.807, 2.05) is 0 Å². The van der Waals surface area contributed by atoms with Crippen LogP contribution >= 0.6 is 0 Å². The molecule has 0 heterocycles. The molecule has 0 spiro atoms. The zero-order valence-electron chi connectivity index (χ0n) is 6.94. The van der Waals surface area contributed by atoms with Gasteiger partial charge in [-0.05, 0) is 20.4 Å². The van der Waals surface area contributed by atoms with Gasteiger partial charge in [0.1, 0.15) is 0 Å². The monoisotopic (exact) mass is 173 g/mol. The van der Waals surface area contributed by atoms with E-state index in [1.165, 1.54) is 0 Å². The van der Waals surface area contributed by atoms with Crippen molar-refractivity contribution in [1.82, 2.24) is 4.90 Å². The number of rotatable bonds is 2. The molecular formula is C7H11NO4. The third-order valence-electron chi connectivity index (χ3n) is 1.20. The van der Waals surface area contributed by atoms with E-state index in [1.54, 1.807) is 13.8 Å². The Kier molecular flexibility index (Phi) is 3.28. The Bertz CT molecular complexity index is 221. The van der Waals surface area contributed by atoms with Crippen LogP contribution in [-0.2, 0) is 9.59 Å². The van der Waals surface area contributed by atoms with Gasteiger partial charge in [-0.3, -0.25) is 9.69 Å². The average molecular weight is 173 g/mol. The number of amides is 1. The lowest BCUT2D eigenvalue weighted by Gasteiger charge is -2.22. The molecule has 0 aliphatic heterocycles. The minimum atomic E-state index is -1.61. The quantitative estimate of drug-likeness (QED) is 0.466. The molecule has 0 radical (unpaired) electrons. The second-order valence-electron chi connectivity index (χ2n) is 2.49. The smallest absolute Gasteiger partial charge is 0.395 e. The highest BCUT2D eigenvalue weighted by molar-refractivity contribution is 6.31. The zero-order valence-corrected chi connectivity index (χ0v) is 6.94. The van der Waals surface area contributed by atoms with Gasteiger partial charge in [0.05, 0.1) is 0 Å². The molecule has 0 aromatic heterocycles. The van der Waals surface area contributed by atoms with Crippen LogP contribution in [0.25, 0.3) is 0 Å². The van der Waals surface area contributed by atoms with Crippen LogP contribution < -0.4 is 0 Å². The molecule has 0 aromatic rings. The minimum absolute atomic E-state index is 0.425. The van der Waals surface area contributed by atoms with Gasteiger partial charge in [0.15, 0.2) is 5.88 Å². The topological polar surface area (TPSA) is 77.8 Å². The molecule has 0 rings (SSSR count). The highest BCUT2D eigenvalue weighted by Crippen LogP contribution is 2.04. The highest BCUT2D eigenvalue weighted by atomic mass is 16.4. The Hall–Kier alpha value is -1.52. The standard InChI is InChI=1S/C7H11NO4/c1-4(2)8(5(3)9)6(10)7(11)12/h4,9H,3H2,1-2H3,(H,11,12). The van der Waals surface area contributed by atoms with E-state index in [4.69, 9.17) is 10.2 Å². The fourth-order valence-corrected chi connectivity index (χ4v) is 0.753. The van der Waals surface area contributed by atoms with Crippen molar-refractivity contribution in [2.75, 3.05) is 0 Å². The first-order valence-electron chi connectivity index (χ1n) is 3.32. The molecular weight excluding hydrogens is 162 g/mol. The second-order valence-corrected chi connectivity index (χ2v) is 2.49. The fraction of sp³-hybridized carbons (Fsp3) is 0.429. The Balaban J connectivity index is 4.64. The summed E-state index contributed by atoms with van der Waals surface area (Å²) >= 11 is 0. The van der Waals surface area contributed by atoms with Crippen molar-refractivity contribution in [3.8, 4) is 0 Å². The van der Waals surface area contributed by atoms with E-state index in [-0.39, 0.29) is 0 Å². The van der Waals surface area contributed by atoms with Gasteiger partial charge in [-0.2, -0.15) is 0 Å². The number of aliphatic hydroxyl groups excluding tert-OH is 1. The Morgan fingerprint density at radius 1 is 1.33 bits per heavy atom. The number of aliphatic carboxylic acids is 1. The summed E-state index contributed by atoms with van der Waals surface area (Å²) in [6.07, 6.45) is 0. The molecule has 12 heavy (non-hydrogen) atoms. The summed E-state index contributed by atoms with van der Waals surface area (Å²) in [7, 11) is 0. The summed E-state index contributed by atoms with van der Waals surface area (Å²) in [6.45, 7) is 6.22. The first-order valence-corrected chi connectivity index (χ1v) is 3.32. The fourth-order valence-electron chi connectivity index (χ4n) is 0.753. The van der Waals surface area contributed by atoms with Crippen molar-refractivity contribution < 1.29 is 19.8 Å². The van der Waals surface area contributed by atoms with Gasteiger partial charge >= 0.3 is 11.9 Å². The van der Waals surface area contributed by atoms with Crippen molar-refractivity contribution in [1.29, 1.82) is 0 Å². The van der Waals surface area contributed by atoms with Crippen molar-refractivity contribution in [2.24, 2.45) is 0 Å². The number of carboxylic acids is 1. The van der Waals surface area contributed by atoms with Crippen LogP contribution in [-0.4, -0.2) is 33.0 Å². The highest BCUT2D eigenvalue weighted by Gasteiger charge is 2.25. The van der Waals surface area contributed by atoms with E-state index in [0.29, 0.717) is 4.90 Å². The number of hydrogen-bond donors (Lipinski definition) is 2. The second kappa shape index (κ2) is 3.75. The van der Waals surface area contributed by atoms with Gasteiger partial charge in [0, 0.05) is 6.04 Å². The summed E-state index contributed by atoms with van der Waals surface area (Å²) < 4.78 is 0. The number of aliphatic hydroxyl groups is 1. The zero-order chi connectivity index (χ0) is 9.89. The number of carbonyl (C=O) groups is 2. The maximum Gasteiger partial charge on any atom is 0.395 e. The summed E-state index contributed by atoms with van der Waals surface area (Å²) in [5, 5.41) is 17.2. The predicted octanol–water partition coefficient (Wildman–Crippen LogP) is 0.337. The number of nitrogens with zero attached hydrogens (tertiary/aromatic N) is 1. The molecule has 0 aliphatic carbocycles. The van der Waals surface area contributed by atoms with E-state index < -0.39 is 23.8 Å². The molecule has 0 aliphatic rings. The number of hydrogen-bond acceptors (Lipinski definition) is 3. The molecule has 0 saturated heterocycles. The Labute approximate surface area is 69.9 Å². The molecule has 0 aromatic carbocycles. The number of carbonyl (C=O) groups excluding carboxylic acids is 1. The van der Waals surface area contributed by atoms with Crippen LogP contribution in [0.1, 0.15) is 13.8 Å². The van der Waals surface area contributed by atoms with Gasteiger partial charge in [-0.15, -0.1) is 0 Å². The molecule has 2 N–H and O–H groups in total. The molecule has 0 unspecified atom stereocenters. The van der Waals surface area contributed by atoms with Crippen LogP contribution in [0.2, 0.25) is 0 Å². The van der Waals surface area contributed by atoms with Crippen molar-refractivity contribution in [3.63, 3.8) is 0 Å². The minimum Gasteiger partial charge on any atom is -0.495 e. The maximum atomic E-state index is 10.8. The maximum absolute atomic E-state index is 10.8. The molecule has 5 nitrogen and oxygen atoms in total. The summed E-state index contributed by atoms with van der Waals surface area (Å²) in [5.74, 6) is -3.35. The molecule has 0 saturated carbocycles. The first kappa shape index (κ1) is 10.5. The van der Waals surface area contributed by atoms with E-state index in [0.717, 1.165) is 0 Å². The molecule has 5 heteroatoms. The Morgan fingerprint density at radius 3 is 1.83 bits per heavy atom. The summed E-state index contributed by atoms with van der Waals surface area (Å²) in [6, 6.07) is -0.425. The number of carboxylic acid groups (broad SMARTS) is 1. The SMILES string of the molecule is C=C(O)N(C(=O)C(=O)O)C(C)C. The third kappa shape index (κ3) is 2.26. The third-order valence-corrected chi connectivity index (χ3v) is 1.20. The van der Waals surface area contributed by atoms with Gasteiger partial charge in [-0.1, -0.05) is 0 Å². The van der Waals surface area contributed by atoms with Crippen LogP contribution in [0.5, 0.6) is 0 Å². The van der Waals surface area contributed by atoms with Crippen molar-refractivity contribution in [2.45, 2.75) is 19.9 Å². The van der Waals surface area contributed by atoms with Gasteiger partial charge in [0.2, 0.25) is 0 Å². The van der Waals surface area contributed by atoms with Crippen molar-refractivity contribution in [3.05, 3.63) is 12.5 Å². The van der Waals surface area contributed by atoms with E-state index in [2.05, 4.69) is 6.58 Å². The lowest BCUT2D eigenvalue weighted by atomic mass is 10.3. The average Bonchev–Trinajstić information content (AvgIpc) is 1.85. The van der Waals surface area contributed by atoms with Gasteiger partial charge in [0.25, 0.3) is 0 Å². The largest absolute Gasteiger partial charge is 0.495 e. The summed E-state index contributed by atoms with van der Waals surface area (Å²) in [5.41, 5.74) is 0. The van der Waals surface area contributed by atoms with Crippen LogP contribution in [0.4, 0.5) is 0 Å². The Morgan fingerprint density at radius 2 is 1.75 bits per heavy atom. The lowest BCUT2D eigenvalue weighted by Crippen LogP contribution is -2.40. The summed E-state index contributed by atoms with van der Waals surface area (Å²) in [4.78, 5) is 21.7. The predicted molar refractivity (Wildman–Crippen MR) is 41.4 cm³/mol. The molecule has 0 bridgehead atoms. The normalized spacial score (nSPS) is 9.58. The molecule has 0 fully saturated rings. The molecule has 0 atom stereocenters. The van der Waals surface area contributed by atoms with E-state index in [9.17, 15) is 9.59 Å². The van der Waals surface area contributed by atoms with Crippen LogP contribution in [0.15, 0.2) is 12.5 Å². The first-order chi connectivity index (χ1) is 5.37. The van der Waals surface area contributed by atoms with Gasteiger partial charge < -0.3 is 10.2 Å².